The Balaban J connectivity index is 1.50. The van der Waals surface area contributed by atoms with E-state index in [4.69, 9.17) is 4.98 Å². The molecular weight excluding hydrogens is 431 g/mol. The zero-order valence-corrected chi connectivity index (χ0v) is 19.7. The molecule has 0 bridgehead atoms. The minimum Gasteiger partial charge on any atom is -0.338 e. The summed E-state index contributed by atoms with van der Waals surface area (Å²) in [7, 11) is 0. The molecule has 2 heterocycles. The lowest BCUT2D eigenvalue weighted by Crippen LogP contribution is -2.55. The maximum Gasteiger partial charge on any atom is 0.252 e. The van der Waals surface area contributed by atoms with Crippen molar-refractivity contribution < 1.29 is 14.0 Å². The molecule has 0 saturated carbocycles. The number of hydrogen-bond acceptors (Lipinski definition) is 4. The Labute approximate surface area is 199 Å². The molecule has 0 aliphatic carbocycles. The predicted molar refractivity (Wildman–Crippen MR) is 128 cm³/mol. The Morgan fingerprint density at radius 3 is 2.71 bits per heavy atom. The number of amides is 2. The normalized spacial score (nSPS) is 15.9. The van der Waals surface area contributed by atoms with Crippen LogP contribution >= 0.6 is 0 Å². The van der Waals surface area contributed by atoms with Crippen molar-refractivity contribution in [2.75, 3.05) is 6.54 Å². The molecular formula is C27H29FN4O2. The molecule has 1 atom stereocenters. The highest BCUT2D eigenvalue weighted by molar-refractivity contribution is 5.99. The van der Waals surface area contributed by atoms with Gasteiger partial charge in [-0.1, -0.05) is 35.9 Å². The third-order valence-electron chi connectivity index (χ3n) is 6.07. The summed E-state index contributed by atoms with van der Waals surface area (Å²) in [5, 5.41) is 2.76. The van der Waals surface area contributed by atoms with Crippen molar-refractivity contribution in [3.8, 4) is 0 Å². The van der Waals surface area contributed by atoms with Gasteiger partial charge in [-0.15, -0.1) is 0 Å². The fraction of sp³-hybridized carbons (Fsp3) is 0.333. The number of benzene rings is 2. The second-order valence-corrected chi connectivity index (χ2v) is 9.35. The number of hydrogen-bond donors (Lipinski definition) is 1. The summed E-state index contributed by atoms with van der Waals surface area (Å²) in [6.45, 7) is 5.97. The van der Waals surface area contributed by atoms with E-state index in [-0.39, 0.29) is 17.5 Å². The Hall–Kier alpha value is -3.61. The highest BCUT2D eigenvalue weighted by atomic mass is 19.1. The molecule has 1 aliphatic heterocycles. The van der Waals surface area contributed by atoms with Crippen LogP contribution in [-0.4, -0.2) is 38.8 Å². The van der Waals surface area contributed by atoms with Gasteiger partial charge in [0.05, 0.1) is 23.6 Å². The highest BCUT2D eigenvalue weighted by Crippen LogP contribution is 2.32. The number of aromatic nitrogens is 2. The van der Waals surface area contributed by atoms with E-state index < -0.39 is 17.3 Å². The van der Waals surface area contributed by atoms with Gasteiger partial charge < -0.3 is 10.2 Å². The maximum atomic E-state index is 13.5. The summed E-state index contributed by atoms with van der Waals surface area (Å²) < 4.78 is 13.5. The zero-order valence-electron chi connectivity index (χ0n) is 19.7. The summed E-state index contributed by atoms with van der Waals surface area (Å²) in [5.74, 6) is -1.19. The molecule has 1 saturated heterocycles. The van der Waals surface area contributed by atoms with Crippen LogP contribution in [0.3, 0.4) is 0 Å². The van der Waals surface area contributed by atoms with Gasteiger partial charge in [0.15, 0.2) is 0 Å². The number of rotatable bonds is 6. The van der Waals surface area contributed by atoms with Gasteiger partial charge in [0.1, 0.15) is 11.4 Å². The van der Waals surface area contributed by atoms with Crippen LogP contribution in [0.5, 0.6) is 0 Å². The van der Waals surface area contributed by atoms with E-state index in [9.17, 15) is 14.0 Å². The second-order valence-electron chi connectivity index (χ2n) is 9.35. The topological polar surface area (TPSA) is 75.2 Å². The number of nitrogens with one attached hydrogen (secondary N) is 1. The molecule has 3 aromatic rings. The van der Waals surface area contributed by atoms with Gasteiger partial charge in [-0.25, -0.2) is 4.39 Å². The van der Waals surface area contributed by atoms with Crippen LogP contribution in [0.25, 0.3) is 0 Å². The van der Waals surface area contributed by atoms with E-state index in [1.165, 1.54) is 23.8 Å². The first kappa shape index (κ1) is 23.5. The molecule has 176 valence electrons. The molecule has 1 aromatic heterocycles. The van der Waals surface area contributed by atoms with Gasteiger partial charge in [-0.05, 0) is 57.4 Å². The summed E-state index contributed by atoms with van der Waals surface area (Å²) >= 11 is 0. The fourth-order valence-corrected chi connectivity index (χ4v) is 4.42. The molecule has 1 N–H and O–H groups in total. The van der Waals surface area contributed by atoms with Gasteiger partial charge in [0, 0.05) is 24.7 Å². The lowest BCUT2D eigenvalue weighted by Gasteiger charge is -2.33. The Kier molecular flexibility index (Phi) is 6.72. The molecule has 1 fully saturated rings. The summed E-state index contributed by atoms with van der Waals surface area (Å²) in [6, 6.07) is 13.5. The van der Waals surface area contributed by atoms with Crippen LogP contribution in [0.4, 0.5) is 4.39 Å². The maximum absolute atomic E-state index is 13.5. The van der Waals surface area contributed by atoms with E-state index >= 15 is 0 Å². The van der Waals surface area contributed by atoms with E-state index in [0.717, 1.165) is 35.9 Å². The average Bonchev–Trinajstić information content (AvgIpc) is 3.28. The van der Waals surface area contributed by atoms with Crippen molar-refractivity contribution in [2.45, 2.75) is 51.6 Å². The first-order chi connectivity index (χ1) is 16.2. The summed E-state index contributed by atoms with van der Waals surface area (Å²) in [4.78, 5) is 37.1. The molecule has 34 heavy (non-hydrogen) atoms. The molecule has 0 spiro atoms. The van der Waals surface area contributed by atoms with Crippen LogP contribution in [-0.2, 0) is 11.2 Å². The number of likely N-dealkylation sites (tertiary alicyclic amines) is 1. The van der Waals surface area contributed by atoms with Gasteiger partial charge >= 0.3 is 0 Å². The third kappa shape index (κ3) is 5.30. The van der Waals surface area contributed by atoms with Gasteiger partial charge in [-0.3, -0.25) is 19.6 Å². The van der Waals surface area contributed by atoms with E-state index in [1.807, 2.05) is 6.07 Å². The quantitative estimate of drug-likeness (QED) is 0.592. The van der Waals surface area contributed by atoms with E-state index in [1.54, 1.807) is 31.1 Å². The number of aryl methyl sites for hydroxylation is 1. The van der Waals surface area contributed by atoms with Crippen molar-refractivity contribution >= 4 is 11.8 Å². The Morgan fingerprint density at radius 2 is 1.94 bits per heavy atom. The van der Waals surface area contributed by atoms with Crippen LogP contribution < -0.4 is 5.32 Å². The number of carbonyl (C=O) groups excluding carboxylic acids is 2. The number of carbonyl (C=O) groups is 2. The SMILES string of the molecule is Cc1cccc(Cc2cncc(C3CCCN3C(=O)C(C)(C)NC(=O)c3cccc(F)c3)n2)c1. The van der Waals surface area contributed by atoms with Crippen molar-refractivity contribution in [1.29, 1.82) is 0 Å². The number of halogens is 1. The summed E-state index contributed by atoms with van der Waals surface area (Å²) in [5.41, 5.74) is 2.96. The van der Waals surface area contributed by atoms with Gasteiger partial charge in [0.25, 0.3) is 5.91 Å². The van der Waals surface area contributed by atoms with Crippen LogP contribution in [0, 0.1) is 12.7 Å². The minimum atomic E-state index is -1.17. The second kappa shape index (κ2) is 9.71. The number of nitrogens with zero attached hydrogens (tertiary/aromatic N) is 3. The Morgan fingerprint density at radius 1 is 1.15 bits per heavy atom. The Bertz CT molecular complexity index is 1210. The highest BCUT2D eigenvalue weighted by Gasteiger charge is 2.40. The lowest BCUT2D eigenvalue weighted by atomic mass is 10.0. The molecule has 6 nitrogen and oxygen atoms in total. The van der Waals surface area contributed by atoms with Crippen LogP contribution in [0.15, 0.2) is 60.9 Å². The smallest absolute Gasteiger partial charge is 0.252 e. The zero-order chi connectivity index (χ0) is 24.3. The van der Waals surface area contributed by atoms with Crippen molar-refractivity contribution in [3.05, 3.63) is 94.8 Å². The van der Waals surface area contributed by atoms with E-state index in [0.29, 0.717) is 13.0 Å². The third-order valence-corrected chi connectivity index (χ3v) is 6.07. The van der Waals surface area contributed by atoms with Crippen molar-refractivity contribution in [1.82, 2.24) is 20.2 Å². The van der Waals surface area contributed by atoms with Crippen LogP contribution in [0.1, 0.15) is 65.6 Å². The van der Waals surface area contributed by atoms with Gasteiger partial charge in [-0.2, -0.15) is 0 Å². The molecule has 4 rings (SSSR count). The first-order valence-electron chi connectivity index (χ1n) is 11.5. The first-order valence-corrected chi connectivity index (χ1v) is 11.5. The molecule has 2 amide bonds. The minimum absolute atomic E-state index is 0.175. The molecule has 2 aromatic carbocycles. The average molecular weight is 461 g/mol. The monoisotopic (exact) mass is 460 g/mol. The predicted octanol–water partition coefficient (Wildman–Crippen LogP) is 4.39. The van der Waals surface area contributed by atoms with Gasteiger partial charge in [0.2, 0.25) is 5.91 Å². The van der Waals surface area contributed by atoms with Crippen molar-refractivity contribution in [2.24, 2.45) is 0 Å². The molecule has 1 unspecified atom stereocenters. The standard InChI is InChI=1S/C27H29FN4O2/c1-18-7-4-8-19(13-18)14-22-16-29-17-23(30-22)24-11-6-12-32(24)26(34)27(2,3)31-25(33)20-9-5-10-21(28)15-20/h4-5,7-10,13,15-17,24H,6,11-12,14H2,1-3H3,(H,31,33). The molecule has 1 aliphatic rings. The molecule has 0 radical (unpaired) electrons. The summed E-state index contributed by atoms with van der Waals surface area (Å²) in [6.07, 6.45) is 5.76. The lowest BCUT2D eigenvalue weighted by molar-refractivity contribution is -0.137. The van der Waals surface area contributed by atoms with Crippen molar-refractivity contribution in [3.63, 3.8) is 0 Å². The fourth-order valence-electron chi connectivity index (χ4n) is 4.42. The van der Waals surface area contributed by atoms with Crippen LogP contribution in [0.2, 0.25) is 0 Å². The van der Waals surface area contributed by atoms with E-state index in [2.05, 4.69) is 35.4 Å². The largest absolute Gasteiger partial charge is 0.338 e. The molecule has 7 heteroatoms.